The van der Waals surface area contributed by atoms with Gasteiger partial charge in [0.2, 0.25) is 5.91 Å². The second-order valence-electron chi connectivity index (χ2n) is 7.97. The summed E-state index contributed by atoms with van der Waals surface area (Å²) in [4.78, 5) is 37.0. The van der Waals surface area contributed by atoms with Crippen LogP contribution in [0.4, 0.5) is 17.2 Å². The van der Waals surface area contributed by atoms with E-state index >= 15 is 0 Å². The Kier molecular flexibility index (Phi) is 7.79. The summed E-state index contributed by atoms with van der Waals surface area (Å²) in [7, 11) is 0. The van der Waals surface area contributed by atoms with Gasteiger partial charge in [-0.25, -0.2) is 9.97 Å². The number of nitrogens with zero attached hydrogens (tertiary/aromatic N) is 4. The number of nitrogens with two attached hydrogens (primary N) is 1. The Morgan fingerprint density at radius 1 is 1.03 bits per heavy atom. The summed E-state index contributed by atoms with van der Waals surface area (Å²) in [5.41, 5.74) is 8.14. The number of carbonyl (C=O) groups is 2. The van der Waals surface area contributed by atoms with E-state index in [1.54, 1.807) is 30.5 Å². The van der Waals surface area contributed by atoms with Crippen LogP contribution in [0.25, 0.3) is 0 Å². The molecule has 3 N–H and O–H groups in total. The summed E-state index contributed by atoms with van der Waals surface area (Å²) in [5.74, 6) is -0.310. The summed E-state index contributed by atoms with van der Waals surface area (Å²) in [6.07, 6.45) is 3.85. The molecule has 2 aromatic carbocycles. The van der Waals surface area contributed by atoms with Gasteiger partial charge in [-0.15, -0.1) is 0 Å². The zero-order chi connectivity index (χ0) is 23.8. The molecule has 1 aliphatic rings. The number of hydrogen-bond donors (Lipinski definition) is 2. The van der Waals surface area contributed by atoms with Crippen LogP contribution in [-0.4, -0.2) is 66.1 Å². The van der Waals surface area contributed by atoms with E-state index in [2.05, 4.69) is 25.1 Å². The van der Waals surface area contributed by atoms with Crippen molar-refractivity contribution in [1.29, 1.82) is 0 Å². The van der Waals surface area contributed by atoms with Crippen LogP contribution in [0.2, 0.25) is 0 Å². The van der Waals surface area contributed by atoms with Crippen molar-refractivity contribution >= 4 is 29.0 Å². The SMILES string of the molecule is NC(=O)c1cccc(N(CCCN2CCOCC2)c2cccc(C(=O)Nc3ccncn3)c2)c1. The van der Waals surface area contributed by atoms with Crippen LogP contribution in [0.1, 0.15) is 27.1 Å². The van der Waals surface area contributed by atoms with E-state index in [4.69, 9.17) is 10.5 Å². The van der Waals surface area contributed by atoms with E-state index in [-0.39, 0.29) is 5.91 Å². The smallest absolute Gasteiger partial charge is 0.256 e. The number of ether oxygens (including phenoxy) is 1. The van der Waals surface area contributed by atoms with Crippen LogP contribution in [0.15, 0.2) is 67.1 Å². The summed E-state index contributed by atoms with van der Waals surface area (Å²) >= 11 is 0. The highest BCUT2D eigenvalue weighted by Crippen LogP contribution is 2.27. The zero-order valence-corrected chi connectivity index (χ0v) is 18.9. The Bertz CT molecular complexity index is 1120. The molecule has 0 aliphatic carbocycles. The van der Waals surface area contributed by atoms with Crippen LogP contribution >= 0.6 is 0 Å². The highest BCUT2D eigenvalue weighted by atomic mass is 16.5. The molecule has 176 valence electrons. The van der Waals surface area contributed by atoms with E-state index in [0.29, 0.717) is 23.5 Å². The normalized spacial score (nSPS) is 13.9. The molecular weight excluding hydrogens is 432 g/mol. The van der Waals surface area contributed by atoms with Crippen molar-refractivity contribution < 1.29 is 14.3 Å². The maximum Gasteiger partial charge on any atom is 0.256 e. The molecule has 0 spiro atoms. The molecule has 34 heavy (non-hydrogen) atoms. The maximum absolute atomic E-state index is 12.8. The molecule has 1 fully saturated rings. The highest BCUT2D eigenvalue weighted by Gasteiger charge is 2.16. The van der Waals surface area contributed by atoms with Crippen LogP contribution in [0.3, 0.4) is 0 Å². The third-order valence-corrected chi connectivity index (χ3v) is 5.65. The van der Waals surface area contributed by atoms with Gasteiger partial charge < -0.3 is 20.7 Å². The van der Waals surface area contributed by atoms with Crippen molar-refractivity contribution in [1.82, 2.24) is 14.9 Å². The van der Waals surface area contributed by atoms with Gasteiger partial charge in [-0.2, -0.15) is 0 Å². The standard InChI is InChI=1S/C25H28N6O3/c26-24(32)19-4-1-6-21(16-19)31(11-3-10-30-12-14-34-15-13-30)22-7-2-5-20(17-22)25(33)29-23-8-9-27-18-28-23/h1-2,4-9,16-18H,3,10-15H2,(H2,26,32)(H,27,28,29,33). The quantitative estimate of drug-likeness (QED) is 0.505. The van der Waals surface area contributed by atoms with Gasteiger partial charge in [-0.05, 0) is 48.9 Å². The number of carbonyl (C=O) groups excluding carboxylic acids is 2. The fourth-order valence-electron chi connectivity index (χ4n) is 3.88. The predicted molar refractivity (Wildman–Crippen MR) is 130 cm³/mol. The largest absolute Gasteiger partial charge is 0.379 e. The fraction of sp³-hybridized carbons (Fsp3) is 0.280. The van der Waals surface area contributed by atoms with Crippen molar-refractivity contribution in [2.24, 2.45) is 5.73 Å². The van der Waals surface area contributed by atoms with Gasteiger partial charge in [-0.1, -0.05) is 12.1 Å². The Hall–Kier alpha value is -3.82. The lowest BCUT2D eigenvalue weighted by Crippen LogP contribution is -2.37. The minimum atomic E-state index is -0.479. The van der Waals surface area contributed by atoms with Gasteiger partial charge in [0, 0.05) is 54.9 Å². The Labute approximate surface area is 198 Å². The Morgan fingerprint density at radius 3 is 2.41 bits per heavy atom. The number of morpholine rings is 1. The first-order valence-corrected chi connectivity index (χ1v) is 11.2. The van der Waals surface area contributed by atoms with E-state index in [1.165, 1.54) is 6.33 Å². The predicted octanol–water partition coefficient (Wildman–Crippen LogP) is 2.69. The molecule has 1 aliphatic heterocycles. The topological polar surface area (TPSA) is 114 Å². The third-order valence-electron chi connectivity index (χ3n) is 5.65. The zero-order valence-electron chi connectivity index (χ0n) is 18.9. The molecule has 9 heteroatoms. The number of benzene rings is 2. The molecule has 2 heterocycles. The molecule has 1 saturated heterocycles. The minimum absolute atomic E-state index is 0.264. The van der Waals surface area contributed by atoms with Crippen molar-refractivity contribution in [3.63, 3.8) is 0 Å². The fourth-order valence-corrected chi connectivity index (χ4v) is 3.88. The maximum atomic E-state index is 12.8. The number of nitrogens with one attached hydrogen (secondary N) is 1. The Balaban J connectivity index is 1.56. The number of rotatable bonds is 9. The average molecular weight is 461 g/mol. The van der Waals surface area contributed by atoms with Crippen LogP contribution in [-0.2, 0) is 4.74 Å². The Morgan fingerprint density at radius 2 is 1.74 bits per heavy atom. The van der Waals surface area contributed by atoms with Crippen LogP contribution in [0, 0.1) is 0 Å². The van der Waals surface area contributed by atoms with E-state index < -0.39 is 5.91 Å². The number of anilines is 3. The number of amides is 2. The second kappa shape index (κ2) is 11.4. The summed E-state index contributed by atoms with van der Waals surface area (Å²) in [5, 5.41) is 2.79. The third kappa shape index (κ3) is 6.15. The molecular formula is C25H28N6O3. The van der Waals surface area contributed by atoms with E-state index in [1.807, 2.05) is 30.3 Å². The summed E-state index contributed by atoms with van der Waals surface area (Å²) in [6.45, 7) is 5.01. The van der Waals surface area contributed by atoms with Crippen LogP contribution < -0.4 is 16.0 Å². The lowest BCUT2D eigenvalue weighted by molar-refractivity contribution is 0.0377. The van der Waals surface area contributed by atoms with Gasteiger partial charge in [-0.3, -0.25) is 14.5 Å². The first-order valence-electron chi connectivity index (χ1n) is 11.2. The molecule has 4 rings (SSSR count). The molecule has 1 aromatic heterocycles. The molecule has 2 amide bonds. The van der Waals surface area contributed by atoms with E-state index in [9.17, 15) is 9.59 Å². The second-order valence-corrected chi connectivity index (χ2v) is 7.97. The van der Waals surface area contributed by atoms with Gasteiger partial charge in [0.25, 0.3) is 5.91 Å². The van der Waals surface area contributed by atoms with Crippen molar-refractivity contribution in [2.45, 2.75) is 6.42 Å². The van der Waals surface area contributed by atoms with E-state index in [0.717, 1.165) is 50.6 Å². The molecule has 0 saturated carbocycles. The monoisotopic (exact) mass is 460 g/mol. The minimum Gasteiger partial charge on any atom is -0.379 e. The number of hydrogen-bond acceptors (Lipinski definition) is 7. The molecule has 0 atom stereocenters. The molecule has 0 radical (unpaired) electrons. The van der Waals surface area contributed by atoms with Gasteiger partial charge in [0.05, 0.1) is 13.2 Å². The first kappa shape index (κ1) is 23.3. The number of aromatic nitrogens is 2. The highest BCUT2D eigenvalue weighted by molar-refractivity contribution is 6.04. The van der Waals surface area contributed by atoms with Crippen molar-refractivity contribution in [2.75, 3.05) is 49.6 Å². The van der Waals surface area contributed by atoms with Gasteiger partial charge in [0.15, 0.2) is 0 Å². The van der Waals surface area contributed by atoms with Crippen LogP contribution in [0.5, 0.6) is 0 Å². The van der Waals surface area contributed by atoms with Gasteiger partial charge in [0.1, 0.15) is 12.1 Å². The first-order chi connectivity index (χ1) is 16.6. The average Bonchev–Trinajstić information content (AvgIpc) is 2.88. The van der Waals surface area contributed by atoms with Crippen molar-refractivity contribution in [3.8, 4) is 0 Å². The lowest BCUT2D eigenvalue weighted by Gasteiger charge is -2.29. The lowest BCUT2D eigenvalue weighted by atomic mass is 10.1. The molecule has 0 unspecified atom stereocenters. The summed E-state index contributed by atoms with van der Waals surface area (Å²) in [6, 6.07) is 16.3. The van der Waals surface area contributed by atoms with Gasteiger partial charge >= 0.3 is 0 Å². The molecule has 0 bridgehead atoms. The van der Waals surface area contributed by atoms with Crippen molar-refractivity contribution in [3.05, 3.63) is 78.2 Å². The summed E-state index contributed by atoms with van der Waals surface area (Å²) < 4.78 is 5.44. The molecule has 3 aromatic rings. The number of primary amides is 1. The molecule has 9 nitrogen and oxygen atoms in total.